The largest absolute Gasteiger partial charge is 0.478 e. The number of amides is 1. The van der Waals surface area contributed by atoms with Gasteiger partial charge in [-0.1, -0.05) is 0 Å². The predicted octanol–water partition coefficient (Wildman–Crippen LogP) is 2.20. The zero-order valence-corrected chi connectivity index (χ0v) is 10.8. The van der Waals surface area contributed by atoms with Crippen LogP contribution < -0.4 is 5.32 Å². The Hall–Kier alpha value is -1.40. The summed E-state index contributed by atoms with van der Waals surface area (Å²) in [6.07, 6.45) is 0.167. The lowest BCUT2D eigenvalue weighted by Crippen LogP contribution is -2.29. The number of hydrogen-bond donors (Lipinski definition) is 2. The molecular formula is C11H15NO4S. The highest BCUT2D eigenvalue weighted by Crippen LogP contribution is 2.24. The van der Waals surface area contributed by atoms with Crippen molar-refractivity contribution in [2.75, 3.05) is 12.4 Å². The van der Waals surface area contributed by atoms with Gasteiger partial charge in [0, 0.05) is 7.11 Å². The molecule has 0 saturated heterocycles. The van der Waals surface area contributed by atoms with E-state index in [2.05, 4.69) is 5.32 Å². The number of carbonyl (C=O) groups is 2. The summed E-state index contributed by atoms with van der Waals surface area (Å²) in [4.78, 5) is 22.5. The van der Waals surface area contributed by atoms with Gasteiger partial charge in [0.2, 0.25) is 5.91 Å². The first-order valence-corrected chi connectivity index (χ1v) is 5.89. The van der Waals surface area contributed by atoms with E-state index in [0.29, 0.717) is 5.00 Å². The molecule has 0 aliphatic rings. The maximum Gasteiger partial charge on any atom is 0.338 e. The van der Waals surface area contributed by atoms with Crippen LogP contribution in [0.2, 0.25) is 0 Å². The number of carbonyl (C=O) groups excluding carboxylic acids is 1. The molecule has 1 heterocycles. The lowest BCUT2D eigenvalue weighted by Gasteiger charge is -2.21. The van der Waals surface area contributed by atoms with Crippen molar-refractivity contribution >= 4 is 28.2 Å². The normalized spacial score (nSPS) is 11.2. The molecule has 1 amide bonds. The Balaban J connectivity index is 2.69. The van der Waals surface area contributed by atoms with Crippen LogP contribution in [0.25, 0.3) is 0 Å². The molecule has 94 valence electrons. The first-order valence-electron chi connectivity index (χ1n) is 5.01. The van der Waals surface area contributed by atoms with E-state index in [-0.39, 0.29) is 17.9 Å². The predicted molar refractivity (Wildman–Crippen MR) is 65.6 cm³/mol. The number of methoxy groups -OCH3 is 1. The number of rotatable bonds is 5. The molecule has 0 aliphatic heterocycles. The van der Waals surface area contributed by atoms with Gasteiger partial charge in [0.15, 0.2) is 0 Å². The number of thiophene rings is 1. The Kier molecular flexibility index (Phi) is 4.25. The van der Waals surface area contributed by atoms with Crippen LogP contribution in [0.15, 0.2) is 11.4 Å². The molecule has 5 nitrogen and oxygen atoms in total. The first-order chi connectivity index (χ1) is 7.85. The van der Waals surface area contributed by atoms with Crippen LogP contribution in [-0.4, -0.2) is 29.7 Å². The van der Waals surface area contributed by atoms with Gasteiger partial charge in [-0.05, 0) is 25.3 Å². The summed E-state index contributed by atoms with van der Waals surface area (Å²) in [5.74, 6) is -1.31. The molecule has 17 heavy (non-hydrogen) atoms. The Bertz CT molecular complexity index is 425. The molecule has 0 unspecified atom stereocenters. The second kappa shape index (κ2) is 5.29. The molecule has 6 heteroatoms. The van der Waals surface area contributed by atoms with Crippen LogP contribution in [0.1, 0.15) is 30.6 Å². The van der Waals surface area contributed by atoms with Crippen molar-refractivity contribution in [2.45, 2.75) is 25.9 Å². The number of nitrogens with one attached hydrogen (secondary N) is 1. The summed E-state index contributed by atoms with van der Waals surface area (Å²) in [5.41, 5.74) is -0.455. The third kappa shape index (κ3) is 3.83. The van der Waals surface area contributed by atoms with E-state index in [1.807, 2.05) is 0 Å². The van der Waals surface area contributed by atoms with Crippen molar-refractivity contribution in [1.29, 1.82) is 0 Å². The average molecular weight is 257 g/mol. The lowest BCUT2D eigenvalue weighted by atomic mass is 10.1. The second-order valence-electron chi connectivity index (χ2n) is 4.16. The Morgan fingerprint density at radius 1 is 1.53 bits per heavy atom. The van der Waals surface area contributed by atoms with Gasteiger partial charge < -0.3 is 15.2 Å². The molecule has 0 radical (unpaired) electrons. The molecule has 0 fully saturated rings. The van der Waals surface area contributed by atoms with E-state index >= 15 is 0 Å². The van der Waals surface area contributed by atoms with Gasteiger partial charge in [0.1, 0.15) is 5.00 Å². The van der Waals surface area contributed by atoms with E-state index in [9.17, 15) is 9.59 Å². The number of carboxylic acid groups (broad SMARTS) is 1. The molecule has 0 spiro atoms. The van der Waals surface area contributed by atoms with Gasteiger partial charge in [0.25, 0.3) is 0 Å². The van der Waals surface area contributed by atoms with E-state index in [0.717, 1.165) is 0 Å². The van der Waals surface area contributed by atoms with Gasteiger partial charge in [0.05, 0.1) is 17.6 Å². The van der Waals surface area contributed by atoms with Crippen molar-refractivity contribution < 1.29 is 19.4 Å². The minimum Gasteiger partial charge on any atom is -0.478 e. The fraction of sp³-hybridized carbons (Fsp3) is 0.455. The summed E-state index contributed by atoms with van der Waals surface area (Å²) in [7, 11) is 1.53. The number of ether oxygens (including phenoxy) is 1. The fourth-order valence-corrected chi connectivity index (χ4v) is 2.00. The molecule has 0 aliphatic carbocycles. The highest BCUT2D eigenvalue weighted by Gasteiger charge is 2.22. The molecule has 0 aromatic carbocycles. The van der Waals surface area contributed by atoms with Gasteiger partial charge >= 0.3 is 5.97 Å². The topological polar surface area (TPSA) is 75.6 Å². The average Bonchev–Trinajstić information content (AvgIpc) is 2.65. The SMILES string of the molecule is COC(C)(C)CC(=O)Nc1sccc1C(=O)O. The van der Waals surface area contributed by atoms with Gasteiger partial charge in [-0.3, -0.25) is 4.79 Å². The third-order valence-electron chi connectivity index (χ3n) is 2.29. The van der Waals surface area contributed by atoms with Crippen LogP contribution in [0.4, 0.5) is 5.00 Å². The molecule has 2 N–H and O–H groups in total. The monoisotopic (exact) mass is 257 g/mol. The van der Waals surface area contributed by atoms with E-state index in [1.165, 1.54) is 24.5 Å². The molecule has 0 saturated carbocycles. The molecule has 1 rings (SSSR count). The lowest BCUT2D eigenvalue weighted by molar-refractivity contribution is -0.121. The summed E-state index contributed by atoms with van der Waals surface area (Å²) < 4.78 is 5.13. The van der Waals surface area contributed by atoms with Gasteiger partial charge in [-0.25, -0.2) is 4.79 Å². The Labute approximate surface area is 103 Å². The second-order valence-corrected chi connectivity index (χ2v) is 5.07. The van der Waals surface area contributed by atoms with Crippen LogP contribution in [-0.2, 0) is 9.53 Å². The van der Waals surface area contributed by atoms with Crippen LogP contribution in [0, 0.1) is 0 Å². The summed E-state index contributed by atoms with van der Waals surface area (Å²) >= 11 is 1.19. The summed E-state index contributed by atoms with van der Waals surface area (Å²) in [6, 6.07) is 1.46. The smallest absolute Gasteiger partial charge is 0.338 e. The van der Waals surface area contributed by atoms with Crippen LogP contribution in [0.3, 0.4) is 0 Å². The van der Waals surface area contributed by atoms with Gasteiger partial charge in [-0.2, -0.15) is 0 Å². The minimum atomic E-state index is -1.05. The third-order valence-corrected chi connectivity index (χ3v) is 3.12. The van der Waals surface area contributed by atoms with Gasteiger partial charge in [-0.15, -0.1) is 11.3 Å². The van der Waals surface area contributed by atoms with E-state index in [4.69, 9.17) is 9.84 Å². The van der Waals surface area contributed by atoms with Crippen LogP contribution in [0.5, 0.6) is 0 Å². The molecule has 0 bridgehead atoms. The van der Waals surface area contributed by atoms with Crippen molar-refractivity contribution in [3.63, 3.8) is 0 Å². The van der Waals surface area contributed by atoms with Crippen molar-refractivity contribution in [3.05, 3.63) is 17.0 Å². The van der Waals surface area contributed by atoms with Crippen molar-refractivity contribution in [3.8, 4) is 0 Å². The first kappa shape index (κ1) is 13.7. The zero-order chi connectivity index (χ0) is 13.1. The Morgan fingerprint density at radius 3 is 2.71 bits per heavy atom. The standard InChI is InChI=1S/C11H15NO4S/c1-11(2,16-3)6-8(13)12-9-7(10(14)15)4-5-17-9/h4-5H,6H2,1-3H3,(H,12,13)(H,14,15). The van der Waals surface area contributed by atoms with Crippen molar-refractivity contribution in [1.82, 2.24) is 0 Å². The minimum absolute atomic E-state index is 0.110. The number of aromatic carboxylic acids is 1. The summed E-state index contributed by atoms with van der Waals surface area (Å²) in [5, 5.41) is 13.4. The Morgan fingerprint density at radius 2 is 2.18 bits per heavy atom. The highest BCUT2D eigenvalue weighted by atomic mass is 32.1. The number of anilines is 1. The molecule has 0 atom stereocenters. The summed E-state index contributed by atoms with van der Waals surface area (Å²) in [6.45, 7) is 3.58. The highest BCUT2D eigenvalue weighted by molar-refractivity contribution is 7.14. The van der Waals surface area contributed by atoms with Crippen LogP contribution >= 0.6 is 11.3 Å². The fourth-order valence-electron chi connectivity index (χ4n) is 1.20. The number of carboxylic acids is 1. The molecule has 1 aromatic heterocycles. The van der Waals surface area contributed by atoms with E-state index in [1.54, 1.807) is 19.2 Å². The van der Waals surface area contributed by atoms with Crippen molar-refractivity contribution in [2.24, 2.45) is 0 Å². The van der Waals surface area contributed by atoms with E-state index < -0.39 is 11.6 Å². The molecular weight excluding hydrogens is 242 g/mol. The maximum absolute atomic E-state index is 11.7. The zero-order valence-electron chi connectivity index (χ0n) is 9.94. The molecule has 1 aromatic rings. The number of hydrogen-bond acceptors (Lipinski definition) is 4. The quantitative estimate of drug-likeness (QED) is 0.848. The maximum atomic E-state index is 11.7.